The number of nitrogens with two attached hydrogens (primary N) is 1. The van der Waals surface area contributed by atoms with Gasteiger partial charge in [0.05, 0.1) is 5.56 Å². The molecule has 6 heteroatoms. The number of benzene rings is 1. The maximum absolute atomic E-state index is 13.0. The van der Waals surface area contributed by atoms with Crippen LogP contribution >= 0.6 is 0 Å². The van der Waals surface area contributed by atoms with Gasteiger partial charge in [-0.15, -0.1) is 0 Å². The maximum Gasteiger partial charge on any atom is 0.249 e. The molecular weight excluding hydrogens is 223 g/mol. The van der Waals surface area contributed by atoms with Crippen molar-refractivity contribution in [1.29, 1.82) is 0 Å². The minimum absolute atomic E-state index is 0.169. The van der Waals surface area contributed by atoms with Crippen molar-refractivity contribution in [1.82, 2.24) is 0 Å². The highest BCUT2D eigenvalue weighted by Crippen LogP contribution is 2.09. The molecule has 0 aliphatic carbocycles. The van der Waals surface area contributed by atoms with Crippen LogP contribution in [0.5, 0.6) is 0 Å². The summed E-state index contributed by atoms with van der Waals surface area (Å²) in [6.07, 6.45) is 0.332. The summed E-state index contributed by atoms with van der Waals surface area (Å²) in [5.41, 5.74) is 13.6. The van der Waals surface area contributed by atoms with Gasteiger partial charge in [0, 0.05) is 23.4 Å². The Kier molecular flexibility index (Phi) is 4.55. The number of nitrogens with zero attached hydrogens (tertiary/aromatic N) is 3. The molecule has 0 unspecified atom stereocenters. The highest BCUT2D eigenvalue weighted by molar-refractivity contribution is 5.95. The number of primary amides is 1. The van der Waals surface area contributed by atoms with Crippen molar-refractivity contribution in [3.8, 4) is 11.8 Å². The monoisotopic (exact) mass is 232 g/mol. The van der Waals surface area contributed by atoms with Crippen molar-refractivity contribution in [2.75, 3.05) is 6.54 Å². The summed E-state index contributed by atoms with van der Waals surface area (Å²) in [6.45, 7) is 0.227. The SMILES string of the molecule is [N-]=[N+]=NCCC#Cc1cc(F)ccc1C(N)=O. The third kappa shape index (κ3) is 3.86. The van der Waals surface area contributed by atoms with Gasteiger partial charge in [-0.1, -0.05) is 17.0 Å². The van der Waals surface area contributed by atoms with E-state index in [1.165, 1.54) is 6.07 Å². The molecule has 0 aliphatic rings. The number of halogens is 1. The number of rotatable bonds is 3. The Balaban J connectivity index is 2.91. The summed E-state index contributed by atoms with van der Waals surface area (Å²) in [5, 5.41) is 3.29. The molecule has 2 N–H and O–H groups in total. The van der Waals surface area contributed by atoms with E-state index < -0.39 is 11.7 Å². The third-order valence-corrected chi connectivity index (χ3v) is 1.87. The lowest BCUT2D eigenvalue weighted by molar-refractivity contribution is 0.1000. The molecule has 0 fully saturated rings. The Hall–Kier alpha value is -2.51. The quantitative estimate of drug-likeness (QED) is 0.279. The fourth-order valence-electron chi connectivity index (χ4n) is 1.14. The second-order valence-corrected chi connectivity index (χ2v) is 3.06. The van der Waals surface area contributed by atoms with Crippen LogP contribution in [0.15, 0.2) is 23.3 Å². The third-order valence-electron chi connectivity index (χ3n) is 1.87. The van der Waals surface area contributed by atoms with Crippen molar-refractivity contribution in [2.45, 2.75) is 6.42 Å². The van der Waals surface area contributed by atoms with Gasteiger partial charge in [0.15, 0.2) is 0 Å². The van der Waals surface area contributed by atoms with Crippen LogP contribution in [-0.4, -0.2) is 12.5 Å². The van der Waals surface area contributed by atoms with Gasteiger partial charge in [0.2, 0.25) is 5.91 Å². The lowest BCUT2D eigenvalue weighted by Crippen LogP contribution is -2.12. The van der Waals surface area contributed by atoms with Crippen molar-refractivity contribution in [3.05, 3.63) is 45.6 Å². The van der Waals surface area contributed by atoms with Gasteiger partial charge in [0.25, 0.3) is 0 Å². The predicted molar refractivity (Wildman–Crippen MR) is 60.4 cm³/mol. The van der Waals surface area contributed by atoms with Gasteiger partial charge < -0.3 is 5.73 Å². The van der Waals surface area contributed by atoms with Crippen LogP contribution in [0.25, 0.3) is 10.4 Å². The summed E-state index contributed by atoms with van der Waals surface area (Å²) >= 11 is 0. The zero-order valence-electron chi connectivity index (χ0n) is 8.85. The zero-order chi connectivity index (χ0) is 12.7. The molecule has 0 radical (unpaired) electrons. The Morgan fingerprint density at radius 1 is 1.59 bits per heavy atom. The summed E-state index contributed by atoms with van der Waals surface area (Å²) in [5.74, 6) is 4.14. The lowest BCUT2D eigenvalue weighted by Gasteiger charge is -1.99. The Morgan fingerprint density at radius 3 is 3.00 bits per heavy atom. The van der Waals surface area contributed by atoms with E-state index in [-0.39, 0.29) is 17.7 Å². The lowest BCUT2D eigenvalue weighted by atomic mass is 10.1. The van der Waals surface area contributed by atoms with E-state index in [4.69, 9.17) is 11.3 Å². The first-order chi connectivity index (χ1) is 8.15. The van der Waals surface area contributed by atoms with Crippen LogP contribution in [0.3, 0.4) is 0 Å². The topological polar surface area (TPSA) is 91.8 Å². The Labute approximate surface area is 97.1 Å². The molecule has 0 heterocycles. The normalized spacial score (nSPS) is 8.76. The molecule has 1 aromatic rings. The molecule has 0 aliphatic heterocycles. The van der Waals surface area contributed by atoms with Gasteiger partial charge in [-0.2, -0.15) is 0 Å². The first-order valence-electron chi connectivity index (χ1n) is 4.74. The number of carbonyl (C=O) groups excluding carboxylic acids is 1. The summed E-state index contributed by atoms with van der Waals surface area (Å²) < 4.78 is 13.0. The first-order valence-corrected chi connectivity index (χ1v) is 4.74. The highest BCUT2D eigenvalue weighted by atomic mass is 19.1. The standard InChI is InChI=1S/C11H9FN4O/c12-9-4-5-10(11(13)17)8(7-9)3-1-2-6-15-16-14/h4-5,7H,2,6H2,(H2,13,17). The second-order valence-electron chi connectivity index (χ2n) is 3.06. The van der Waals surface area contributed by atoms with Crippen LogP contribution in [0.1, 0.15) is 22.3 Å². The summed E-state index contributed by atoms with van der Waals surface area (Å²) in [7, 11) is 0. The van der Waals surface area contributed by atoms with Gasteiger partial charge >= 0.3 is 0 Å². The fourth-order valence-corrected chi connectivity index (χ4v) is 1.14. The van der Waals surface area contributed by atoms with Crippen molar-refractivity contribution in [2.24, 2.45) is 10.8 Å². The molecule has 0 aromatic heterocycles. The predicted octanol–water partition coefficient (Wildman–Crippen LogP) is 1.98. The minimum Gasteiger partial charge on any atom is -0.366 e. The Bertz CT molecular complexity index is 538. The molecule has 17 heavy (non-hydrogen) atoms. The van der Waals surface area contributed by atoms with E-state index >= 15 is 0 Å². The zero-order valence-corrected chi connectivity index (χ0v) is 8.85. The molecular formula is C11H9FN4O. The van der Waals surface area contributed by atoms with Crippen LogP contribution in [0, 0.1) is 17.7 Å². The summed E-state index contributed by atoms with van der Waals surface area (Å²) in [6, 6.07) is 3.57. The highest BCUT2D eigenvalue weighted by Gasteiger charge is 2.06. The van der Waals surface area contributed by atoms with Gasteiger partial charge in [0.1, 0.15) is 5.82 Å². The Morgan fingerprint density at radius 2 is 2.35 bits per heavy atom. The van der Waals surface area contributed by atoms with E-state index in [0.29, 0.717) is 6.42 Å². The molecule has 0 saturated heterocycles. The number of hydrogen-bond donors (Lipinski definition) is 1. The van der Waals surface area contributed by atoms with Crippen LogP contribution < -0.4 is 5.73 Å². The van der Waals surface area contributed by atoms with Gasteiger partial charge in [-0.05, 0) is 23.7 Å². The van der Waals surface area contributed by atoms with E-state index in [9.17, 15) is 9.18 Å². The number of hydrogen-bond acceptors (Lipinski definition) is 2. The minimum atomic E-state index is -0.663. The van der Waals surface area contributed by atoms with E-state index in [0.717, 1.165) is 12.1 Å². The molecule has 0 spiro atoms. The van der Waals surface area contributed by atoms with E-state index in [1.807, 2.05) is 0 Å². The largest absolute Gasteiger partial charge is 0.366 e. The molecule has 5 nitrogen and oxygen atoms in total. The van der Waals surface area contributed by atoms with Crippen molar-refractivity contribution < 1.29 is 9.18 Å². The van der Waals surface area contributed by atoms with Crippen molar-refractivity contribution >= 4 is 5.91 Å². The maximum atomic E-state index is 13.0. The smallest absolute Gasteiger partial charge is 0.249 e. The molecule has 1 aromatic carbocycles. The van der Waals surface area contributed by atoms with Crippen LogP contribution in [0.4, 0.5) is 4.39 Å². The van der Waals surface area contributed by atoms with Crippen LogP contribution in [0.2, 0.25) is 0 Å². The van der Waals surface area contributed by atoms with Gasteiger partial charge in [-0.3, -0.25) is 4.79 Å². The number of carbonyl (C=O) groups is 1. The molecule has 0 atom stereocenters. The fraction of sp³-hybridized carbons (Fsp3) is 0.182. The second kappa shape index (κ2) is 6.16. The molecule has 1 amide bonds. The van der Waals surface area contributed by atoms with Gasteiger partial charge in [-0.25, -0.2) is 4.39 Å². The molecule has 86 valence electrons. The molecule has 1 rings (SSSR count). The van der Waals surface area contributed by atoms with Crippen LogP contribution in [-0.2, 0) is 0 Å². The molecule has 0 saturated carbocycles. The average Bonchev–Trinajstić information content (AvgIpc) is 2.28. The van der Waals surface area contributed by atoms with Crippen molar-refractivity contribution in [3.63, 3.8) is 0 Å². The first kappa shape index (κ1) is 12.6. The number of amides is 1. The average molecular weight is 232 g/mol. The number of azide groups is 1. The summed E-state index contributed by atoms with van der Waals surface area (Å²) in [4.78, 5) is 13.6. The van der Waals surface area contributed by atoms with E-state index in [1.54, 1.807) is 0 Å². The van der Waals surface area contributed by atoms with E-state index in [2.05, 4.69) is 21.9 Å². The molecule has 0 bridgehead atoms.